The first-order valence-electron chi connectivity index (χ1n) is 6.56. The summed E-state index contributed by atoms with van der Waals surface area (Å²) in [6, 6.07) is 3.14. The average molecular weight is 319 g/mol. The van der Waals surface area contributed by atoms with Crippen molar-refractivity contribution in [2.75, 3.05) is 26.4 Å². The molecule has 0 saturated heterocycles. The highest BCUT2D eigenvalue weighted by Crippen LogP contribution is 2.36. The molecule has 0 aliphatic carbocycles. The van der Waals surface area contributed by atoms with Crippen molar-refractivity contribution in [1.29, 1.82) is 0 Å². The van der Waals surface area contributed by atoms with Crippen LogP contribution in [0.4, 0.5) is 0 Å². The summed E-state index contributed by atoms with van der Waals surface area (Å²) in [5.41, 5.74) is 0.397. The van der Waals surface area contributed by atoms with E-state index in [1.165, 1.54) is 0 Å². The topological polar surface area (TPSA) is 85.2 Å². The predicted molar refractivity (Wildman–Crippen MR) is 77.2 cm³/mol. The normalized spacial score (nSPS) is 12.0. The van der Waals surface area contributed by atoms with E-state index < -0.39 is 18.7 Å². The van der Waals surface area contributed by atoms with Gasteiger partial charge in [0.15, 0.2) is 11.5 Å². The smallest absolute Gasteiger partial charge is 0.329 e. The fourth-order valence-electron chi connectivity index (χ4n) is 1.69. The van der Waals surface area contributed by atoms with Crippen molar-refractivity contribution in [3.63, 3.8) is 0 Å². The van der Waals surface area contributed by atoms with E-state index in [0.29, 0.717) is 35.3 Å². The molecule has 1 rings (SSSR count). The molecule has 2 N–H and O–H groups in total. The van der Waals surface area contributed by atoms with Crippen LogP contribution in [0.15, 0.2) is 12.1 Å². The third kappa shape index (κ3) is 5.41. The van der Waals surface area contributed by atoms with Crippen molar-refractivity contribution >= 4 is 17.6 Å². The van der Waals surface area contributed by atoms with Gasteiger partial charge in [0.2, 0.25) is 0 Å². The molecule has 1 aromatic rings. The molecule has 118 valence electrons. The van der Waals surface area contributed by atoms with Crippen LogP contribution in [-0.2, 0) is 9.53 Å². The SMILES string of the molecule is CCOc1cc(Cl)c(C(O)COCC(=O)O)cc1OCC. The summed E-state index contributed by atoms with van der Waals surface area (Å²) in [6.45, 7) is 3.91. The number of aliphatic hydroxyl groups is 1. The average Bonchev–Trinajstić information content (AvgIpc) is 2.41. The zero-order valence-corrected chi connectivity index (χ0v) is 12.7. The Morgan fingerprint density at radius 3 is 2.33 bits per heavy atom. The van der Waals surface area contributed by atoms with Crippen LogP contribution in [-0.4, -0.2) is 42.6 Å². The van der Waals surface area contributed by atoms with Crippen molar-refractivity contribution in [3.05, 3.63) is 22.7 Å². The number of carboxylic acids is 1. The van der Waals surface area contributed by atoms with Crippen molar-refractivity contribution in [2.45, 2.75) is 20.0 Å². The Balaban J connectivity index is 2.90. The molecule has 0 bridgehead atoms. The molecule has 1 unspecified atom stereocenters. The minimum atomic E-state index is -1.10. The molecule has 0 saturated carbocycles. The molecule has 0 radical (unpaired) electrons. The van der Waals surface area contributed by atoms with Gasteiger partial charge in [-0.2, -0.15) is 0 Å². The van der Waals surface area contributed by atoms with Crippen LogP contribution in [0.2, 0.25) is 5.02 Å². The third-order valence-electron chi connectivity index (χ3n) is 2.52. The molecule has 0 heterocycles. The Kier molecular flexibility index (Phi) is 7.28. The van der Waals surface area contributed by atoms with Gasteiger partial charge in [0.25, 0.3) is 0 Å². The number of ether oxygens (including phenoxy) is 3. The summed E-state index contributed by atoms with van der Waals surface area (Å²) >= 11 is 6.11. The molecule has 0 aliphatic heterocycles. The first kappa shape index (κ1) is 17.6. The second-order valence-corrected chi connectivity index (χ2v) is 4.52. The standard InChI is InChI=1S/C14H19ClO6/c1-3-20-12-5-9(10(15)6-13(12)21-4-2)11(16)7-19-8-14(17)18/h5-6,11,16H,3-4,7-8H2,1-2H3,(H,17,18). The first-order chi connectivity index (χ1) is 9.99. The third-order valence-corrected chi connectivity index (χ3v) is 2.85. The van der Waals surface area contributed by atoms with Crippen molar-refractivity contribution in [2.24, 2.45) is 0 Å². The lowest BCUT2D eigenvalue weighted by Gasteiger charge is -2.17. The lowest BCUT2D eigenvalue weighted by molar-refractivity contribution is -0.143. The number of aliphatic hydroxyl groups excluding tert-OH is 1. The highest BCUT2D eigenvalue weighted by molar-refractivity contribution is 6.31. The van der Waals surface area contributed by atoms with Crippen molar-refractivity contribution in [1.82, 2.24) is 0 Å². The molecule has 0 amide bonds. The van der Waals surface area contributed by atoms with Crippen LogP contribution >= 0.6 is 11.6 Å². The summed E-state index contributed by atoms with van der Waals surface area (Å²) in [4.78, 5) is 10.4. The Morgan fingerprint density at radius 1 is 1.24 bits per heavy atom. The number of halogens is 1. The zero-order valence-electron chi connectivity index (χ0n) is 12.0. The molecule has 1 atom stereocenters. The van der Waals surface area contributed by atoms with Crippen LogP contribution in [0, 0.1) is 0 Å². The number of rotatable bonds is 9. The molecular formula is C14H19ClO6. The lowest BCUT2D eigenvalue weighted by Crippen LogP contribution is -2.13. The second-order valence-electron chi connectivity index (χ2n) is 4.11. The summed E-state index contributed by atoms with van der Waals surface area (Å²) in [5.74, 6) is -0.141. The summed E-state index contributed by atoms with van der Waals surface area (Å²) in [6.07, 6.45) is -1.05. The largest absolute Gasteiger partial charge is 0.490 e. The number of hydrogen-bond acceptors (Lipinski definition) is 5. The zero-order chi connectivity index (χ0) is 15.8. The van der Waals surface area contributed by atoms with E-state index in [1.54, 1.807) is 12.1 Å². The first-order valence-corrected chi connectivity index (χ1v) is 6.94. The second kappa shape index (κ2) is 8.71. The van der Waals surface area contributed by atoms with Gasteiger partial charge in [-0.05, 0) is 19.9 Å². The van der Waals surface area contributed by atoms with Gasteiger partial charge >= 0.3 is 5.97 Å². The van der Waals surface area contributed by atoms with E-state index in [9.17, 15) is 9.90 Å². The molecule has 0 spiro atoms. The Labute approximate surface area is 128 Å². The molecule has 6 nitrogen and oxygen atoms in total. The maximum absolute atomic E-state index is 10.4. The Hall–Kier alpha value is -1.50. The van der Waals surface area contributed by atoms with Gasteiger partial charge in [-0.3, -0.25) is 0 Å². The maximum Gasteiger partial charge on any atom is 0.329 e. The molecule has 0 aliphatic rings. The van der Waals surface area contributed by atoms with Crippen LogP contribution in [0.3, 0.4) is 0 Å². The van der Waals surface area contributed by atoms with E-state index in [2.05, 4.69) is 0 Å². The van der Waals surface area contributed by atoms with Gasteiger partial charge in [-0.25, -0.2) is 4.79 Å². The van der Waals surface area contributed by atoms with E-state index >= 15 is 0 Å². The van der Waals surface area contributed by atoms with Crippen LogP contribution < -0.4 is 9.47 Å². The minimum absolute atomic E-state index is 0.175. The van der Waals surface area contributed by atoms with E-state index in [4.69, 9.17) is 30.9 Å². The number of benzene rings is 1. The quantitative estimate of drug-likeness (QED) is 0.726. The van der Waals surface area contributed by atoms with Gasteiger partial charge in [0.1, 0.15) is 12.7 Å². The Bertz CT molecular complexity index is 477. The number of aliphatic carboxylic acids is 1. The molecule has 0 fully saturated rings. The van der Waals surface area contributed by atoms with Crippen LogP contribution in [0.5, 0.6) is 11.5 Å². The number of hydrogen-bond donors (Lipinski definition) is 2. The molecule has 1 aromatic carbocycles. The van der Waals surface area contributed by atoms with E-state index in [-0.39, 0.29) is 6.61 Å². The van der Waals surface area contributed by atoms with E-state index in [0.717, 1.165) is 0 Å². The fourth-order valence-corrected chi connectivity index (χ4v) is 1.97. The monoisotopic (exact) mass is 318 g/mol. The summed E-state index contributed by atoms with van der Waals surface area (Å²) in [7, 11) is 0. The van der Waals surface area contributed by atoms with Crippen molar-refractivity contribution < 1.29 is 29.2 Å². The van der Waals surface area contributed by atoms with Gasteiger partial charge in [0, 0.05) is 11.6 Å². The molecular weight excluding hydrogens is 300 g/mol. The highest BCUT2D eigenvalue weighted by Gasteiger charge is 2.17. The molecule has 21 heavy (non-hydrogen) atoms. The van der Waals surface area contributed by atoms with Gasteiger partial charge in [-0.15, -0.1) is 0 Å². The molecule has 7 heteroatoms. The van der Waals surface area contributed by atoms with Gasteiger partial charge in [-0.1, -0.05) is 11.6 Å². The maximum atomic E-state index is 10.4. The van der Waals surface area contributed by atoms with Crippen molar-refractivity contribution in [3.8, 4) is 11.5 Å². The number of carboxylic acid groups (broad SMARTS) is 1. The highest BCUT2D eigenvalue weighted by atomic mass is 35.5. The summed E-state index contributed by atoms with van der Waals surface area (Å²) < 4.78 is 15.7. The Morgan fingerprint density at radius 2 is 1.81 bits per heavy atom. The summed E-state index contributed by atoms with van der Waals surface area (Å²) in [5, 5.41) is 18.8. The van der Waals surface area contributed by atoms with Crippen LogP contribution in [0.1, 0.15) is 25.5 Å². The fraction of sp³-hybridized carbons (Fsp3) is 0.500. The minimum Gasteiger partial charge on any atom is -0.490 e. The predicted octanol–water partition coefficient (Wildman–Crippen LogP) is 2.27. The van der Waals surface area contributed by atoms with E-state index in [1.807, 2.05) is 13.8 Å². The lowest BCUT2D eigenvalue weighted by atomic mass is 10.1. The van der Waals surface area contributed by atoms with Gasteiger partial charge in [0.05, 0.1) is 24.8 Å². The number of carbonyl (C=O) groups is 1. The molecule has 0 aromatic heterocycles. The van der Waals surface area contributed by atoms with Crippen LogP contribution in [0.25, 0.3) is 0 Å². The van der Waals surface area contributed by atoms with Gasteiger partial charge < -0.3 is 24.4 Å².